The number of alkyl halides is 5. The molecule has 0 amide bonds. The highest BCUT2D eigenvalue weighted by Gasteiger charge is 2.38. The summed E-state index contributed by atoms with van der Waals surface area (Å²) in [6.07, 6.45) is -8.34. The zero-order valence-corrected chi connectivity index (χ0v) is 9.24. The smallest absolute Gasteiger partial charge is 0.250 e. The second kappa shape index (κ2) is 4.37. The highest BCUT2D eigenvalue weighted by molar-refractivity contribution is 8.13. The summed E-state index contributed by atoms with van der Waals surface area (Å²) >= 11 is 0. The number of aromatic nitrogens is 1. The summed E-state index contributed by atoms with van der Waals surface area (Å²) in [5.41, 5.74) is -3.37. The Morgan fingerprint density at radius 1 is 1.29 bits per heavy atom. The molecule has 0 atom stereocenters. The molecule has 0 aliphatic heterocycles. The van der Waals surface area contributed by atoms with Gasteiger partial charge >= 0.3 is 6.18 Å². The number of halogens is 6. The average Bonchev–Trinajstić information content (AvgIpc) is 2.14. The van der Waals surface area contributed by atoms with Crippen molar-refractivity contribution in [3.8, 4) is 0 Å². The minimum Gasteiger partial charge on any atom is -0.250 e. The molecule has 0 unspecified atom stereocenters. The Morgan fingerprint density at radius 3 is 2.18 bits per heavy atom. The maximum atomic E-state index is 12.3. The van der Waals surface area contributed by atoms with Gasteiger partial charge in [0.1, 0.15) is 4.90 Å². The zero-order chi connectivity index (χ0) is 13.4. The molecule has 1 heterocycles. The van der Waals surface area contributed by atoms with Crippen molar-refractivity contribution in [2.24, 2.45) is 0 Å². The van der Waals surface area contributed by atoms with Crippen LogP contribution in [0, 0.1) is 0 Å². The number of rotatable bonds is 2. The molecule has 0 aliphatic carbocycles. The van der Waals surface area contributed by atoms with E-state index in [1.807, 2.05) is 0 Å². The first-order valence-electron chi connectivity index (χ1n) is 3.83. The van der Waals surface area contributed by atoms with E-state index in [1.165, 1.54) is 0 Å². The van der Waals surface area contributed by atoms with E-state index in [9.17, 15) is 30.4 Å². The number of hydrogen-bond acceptors (Lipinski definition) is 3. The van der Waals surface area contributed by atoms with E-state index in [4.69, 9.17) is 10.7 Å². The number of nitrogens with zero attached hydrogens (tertiary/aromatic N) is 1. The standard InChI is InChI=1S/C7H3ClF5NO2S/c8-17(15,16)3-1-4(6(9)10)5(14-2-3)7(11,12)13/h1-2,6H. The van der Waals surface area contributed by atoms with Crippen LogP contribution in [-0.4, -0.2) is 13.4 Å². The first-order valence-corrected chi connectivity index (χ1v) is 6.14. The molecular formula is C7H3ClF5NO2S. The van der Waals surface area contributed by atoms with Crippen molar-refractivity contribution in [1.29, 1.82) is 0 Å². The Morgan fingerprint density at radius 2 is 1.82 bits per heavy atom. The Hall–Kier alpha value is -0.960. The van der Waals surface area contributed by atoms with Crippen LogP contribution in [0.3, 0.4) is 0 Å². The minimum absolute atomic E-state index is 0.156. The van der Waals surface area contributed by atoms with E-state index >= 15 is 0 Å². The molecule has 1 rings (SSSR count). The predicted octanol–water partition coefficient (Wildman–Crippen LogP) is 2.97. The van der Waals surface area contributed by atoms with Gasteiger partial charge < -0.3 is 0 Å². The van der Waals surface area contributed by atoms with E-state index in [-0.39, 0.29) is 12.3 Å². The van der Waals surface area contributed by atoms with Gasteiger partial charge in [-0.3, -0.25) is 0 Å². The molecule has 0 N–H and O–H groups in total. The third-order valence-electron chi connectivity index (χ3n) is 1.68. The molecule has 0 fully saturated rings. The summed E-state index contributed by atoms with van der Waals surface area (Å²) in [5, 5.41) is 0. The molecule has 0 radical (unpaired) electrons. The second-order valence-corrected chi connectivity index (χ2v) is 5.41. The fourth-order valence-electron chi connectivity index (χ4n) is 0.998. The molecule has 0 saturated heterocycles. The summed E-state index contributed by atoms with van der Waals surface area (Å²) in [6.45, 7) is 0. The molecule has 17 heavy (non-hydrogen) atoms. The van der Waals surface area contributed by atoms with Gasteiger partial charge in [0.2, 0.25) is 0 Å². The molecule has 0 bridgehead atoms. The lowest BCUT2D eigenvalue weighted by Crippen LogP contribution is -2.13. The van der Waals surface area contributed by atoms with Crippen LogP contribution in [0.4, 0.5) is 22.0 Å². The van der Waals surface area contributed by atoms with E-state index in [0.717, 1.165) is 0 Å². The number of hydrogen-bond donors (Lipinski definition) is 0. The van der Waals surface area contributed by atoms with Crippen LogP contribution in [0.5, 0.6) is 0 Å². The Bertz CT molecular complexity index is 528. The largest absolute Gasteiger partial charge is 0.433 e. The van der Waals surface area contributed by atoms with Gasteiger partial charge in [0.05, 0.1) is 0 Å². The molecule has 1 aromatic rings. The average molecular weight is 296 g/mol. The second-order valence-electron chi connectivity index (χ2n) is 2.85. The van der Waals surface area contributed by atoms with Crippen LogP contribution in [0.2, 0.25) is 0 Å². The Kier molecular flexibility index (Phi) is 3.63. The van der Waals surface area contributed by atoms with E-state index < -0.39 is 37.8 Å². The molecule has 1 aromatic heterocycles. The van der Waals surface area contributed by atoms with Crippen LogP contribution in [0.1, 0.15) is 17.7 Å². The topological polar surface area (TPSA) is 47.0 Å². The van der Waals surface area contributed by atoms with Gasteiger partial charge in [0.15, 0.2) is 5.69 Å². The van der Waals surface area contributed by atoms with Gasteiger partial charge in [-0.1, -0.05) is 0 Å². The fourth-order valence-corrected chi connectivity index (χ4v) is 1.70. The maximum Gasteiger partial charge on any atom is 0.433 e. The minimum atomic E-state index is -5.10. The van der Waals surface area contributed by atoms with Crippen molar-refractivity contribution >= 4 is 19.7 Å². The summed E-state index contributed by atoms with van der Waals surface area (Å²) in [6, 6.07) is 0.156. The monoisotopic (exact) mass is 295 g/mol. The first-order chi connectivity index (χ1) is 7.53. The molecule has 0 spiro atoms. The van der Waals surface area contributed by atoms with Gasteiger partial charge in [0, 0.05) is 22.4 Å². The van der Waals surface area contributed by atoms with E-state index in [1.54, 1.807) is 0 Å². The van der Waals surface area contributed by atoms with Crippen LogP contribution in [0.15, 0.2) is 17.2 Å². The summed E-state index contributed by atoms with van der Waals surface area (Å²) in [4.78, 5) is 1.75. The quantitative estimate of drug-likeness (QED) is 0.622. The van der Waals surface area contributed by atoms with Gasteiger partial charge in [-0.2, -0.15) is 13.2 Å². The van der Waals surface area contributed by atoms with Crippen molar-refractivity contribution < 1.29 is 30.4 Å². The van der Waals surface area contributed by atoms with Gasteiger partial charge in [-0.05, 0) is 6.07 Å². The normalized spacial score (nSPS) is 13.1. The molecule has 96 valence electrons. The summed E-state index contributed by atoms with van der Waals surface area (Å²) in [7, 11) is 0.396. The van der Waals surface area contributed by atoms with Crippen molar-refractivity contribution in [1.82, 2.24) is 4.98 Å². The van der Waals surface area contributed by atoms with Gasteiger partial charge in [0.25, 0.3) is 15.5 Å². The number of pyridine rings is 1. The third-order valence-corrected chi connectivity index (χ3v) is 3.00. The molecule has 3 nitrogen and oxygen atoms in total. The van der Waals surface area contributed by atoms with Crippen molar-refractivity contribution in [2.75, 3.05) is 0 Å². The van der Waals surface area contributed by atoms with Crippen LogP contribution >= 0.6 is 10.7 Å². The summed E-state index contributed by atoms with van der Waals surface area (Å²) in [5.74, 6) is 0. The van der Waals surface area contributed by atoms with Crippen LogP contribution < -0.4 is 0 Å². The SMILES string of the molecule is O=S(=O)(Cl)c1cnc(C(F)(F)F)c(C(F)F)c1. The molecule has 10 heteroatoms. The van der Waals surface area contributed by atoms with Crippen LogP contribution in [0.25, 0.3) is 0 Å². The zero-order valence-electron chi connectivity index (χ0n) is 7.67. The highest BCUT2D eigenvalue weighted by Crippen LogP contribution is 2.35. The van der Waals surface area contributed by atoms with Crippen LogP contribution in [-0.2, 0) is 15.2 Å². The molecule has 0 aliphatic rings. The molecule has 0 saturated carbocycles. The third kappa shape index (κ3) is 3.25. The Balaban J connectivity index is 3.49. The molecular weight excluding hydrogens is 293 g/mol. The Labute approximate surface area is 96.6 Å². The maximum absolute atomic E-state index is 12.3. The molecule has 0 aromatic carbocycles. The lowest BCUT2D eigenvalue weighted by Gasteiger charge is -2.11. The predicted molar refractivity (Wildman–Crippen MR) is 47.2 cm³/mol. The van der Waals surface area contributed by atoms with Gasteiger partial charge in [-0.25, -0.2) is 22.2 Å². The fraction of sp³-hybridized carbons (Fsp3) is 0.286. The lowest BCUT2D eigenvalue weighted by atomic mass is 10.2. The first kappa shape index (κ1) is 14.1. The van der Waals surface area contributed by atoms with Crippen molar-refractivity contribution in [2.45, 2.75) is 17.5 Å². The lowest BCUT2D eigenvalue weighted by molar-refractivity contribution is -0.143. The highest BCUT2D eigenvalue weighted by atomic mass is 35.7. The van der Waals surface area contributed by atoms with E-state index in [0.29, 0.717) is 0 Å². The van der Waals surface area contributed by atoms with Gasteiger partial charge in [-0.15, -0.1) is 0 Å². The van der Waals surface area contributed by atoms with Crippen molar-refractivity contribution in [3.05, 3.63) is 23.5 Å². The van der Waals surface area contributed by atoms with Crippen molar-refractivity contribution in [3.63, 3.8) is 0 Å². The van der Waals surface area contributed by atoms with E-state index in [2.05, 4.69) is 4.98 Å². The summed E-state index contributed by atoms with van der Waals surface area (Å²) < 4.78 is 83.0.